The van der Waals surface area contributed by atoms with Gasteiger partial charge in [0.15, 0.2) is 0 Å². The molecule has 3 aromatic rings. The van der Waals surface area contributed by atoms with Gasteiger partial charge in [0, 0.05) is 36.1 Å². The Morgan fingerprint density at radius 3 is 2.62 bits per heavy atom. The summed E-state index contributed by atoms with van der Waals surface area (Å²) in [5.41, 5.74) is -0.537. The molecule has 0 saturated heterocycles. The molecule has 7 nitrogen and oxygen atoms in total. The fraction of sp³-hybridized carbons (Fsp3) is 0.300. The van der Waals surface area contributed by atoms with Crippen molar-refractivity contribution >= 4 is 17.5 Å². The van der Waals surface area contributed by atoms with E-state index in [0.717, 1.165) is 24.5 Å². The van der Waals surface area contributed by atoms with Crippen molar-refractivity contribution < 1.29 is 35.9 Å². The molecule has 1 aliphatic rings. The summed E-state index contributed by atoms with van der Waals surface area (Å²) in [5, 5.41) is 7.00. The van der Waals surface area contributed by atoms with Gasteiger partial charge in [-0.25, -0.2) is 4.98 Å². The highest BCUT2D eigenvalue weighted by Crippen LogP contribution is 2.36. The third kappa shape index (κ3) is 5.24. The number of aryl methyl sites for hydroxylation is 1. The van der Waals surface area contributed by atoms with Gasteiger partial charge >= 0.3 is 12.5 Å². The van der Waals surface area contributed by atoms with E-state index >= 15 is 0 Å². The molecule has 0 radical (unpaired) electrons. The Morgan fingerprint density at radius 2 is 1.91 bits per heavy atom. The first-order valence-electron chi connectivity index (χ1n) is 9.74. The van der Waals surface area contributed by atoms with Gasteiger partial charge in [0.2, 0.25) is 5.88 Å². The van der Waals surface area contributed by atoms with Crippen molar-refractivity contribution in [1.29, 1.82) is 0 Å². The van der Waals surface area contributed by atoms with E-state index in [1.807, 2.05) is 0 Å². The van der Waals surface area contributed by atoms with E-state index in [9.17, 15) is 31.1 Å². The number of fused-ring (bicyclic) bond motifs is 1. The average molecular weight is 506 g/mol. The maximum atomic E-state index is 13.1. The summed E-state index contributed by atoms with van der Waals surface area (Å²) < 4.78 is 81.8. The van der Waals surface area contributed by atoms with Crippen LogP contribution in [0.25, 0.3) is 11.3 Å². The Labute approximate surface area is 192 Å². The first kappa shape index (κ1) is 23.8. The van der Waals surface area contributed by atoms with Crippen molar-refractivity contribution in [2.24, 2.45) is 0 Å². The molecule has 0 unspecified atom stereocenters. The zero-order valence-corrected chi connectivity index (χ0v) is 17.7. The molecular formula is C20H14ClF6N5O2. The number of amides is 1. The Hall–Kier alpha value is -3.35. The zero-order chi connectivity index (χ0) is 24.7. The van der Waals surface area contributed by atoms with Crippen LogP contribution in [0.5, 0.6) is 5.88 Å². The third-order valence-corrected chi connectivity index (χ3v) is 5.28. The Balaban J connectivity index is 1.59. The summed E-state index contributed by atoms with van der Waals surface area (Å²) in [6.07, 6.45) is -6.67. The minimum atomic E-state index is -4.96. The van der Waals surface area contributed by atoms with Crippen LogP contribution in [0.2, 0.25) is 5.02 Å². The van der Waals surface area contributed by atoms with Crippen molar-refractivity contribution in [2.45, 2.75) is 38.0 Å². The molecule has 34 heavy (non-hydrogen) atoms. The van der Waals surface area contributed by atoms with Gasteiger partial charge in [0.1, 0.15) is 5.69 Å². The number of nitrogens with one attached hydrogen (secondary N) is 1. The van der Waals surface area contributed by atoms with Gasteiger partial charge in [-0.3, -0.25) is 14.5 Å². The molecule has 180 valence electrons. The number of halogens is 7. The lowest BCUT2D eigenvalue weighted by atomic mass is 10.0. The summed E-state index contributed by atoms with van der Waals surface area (Å²) in [6, 6.07) is 3.79. The van der Waals surface area contributed by atoms with Gasteiger partial charge in [0.25, 0.3) is 5.91 Å². The quantitative estimate of drug-likeness (QED) is 0.494. The van der Waals surface area contributed by atoms with E-state index in [2.05, 4.69) is 25.1 Å². The van der Waals surface area contributed by atoms with E-state index in [1.54, 1.807) is 4.68 Å². The van der Waals surface area contributed by atoms with Gasteiger partial charge in [-0.2, -0.15) is 18.3 Å². The molecule has 1 atom stereocenters. The summed E-state index contributed by atoms with van der Waals surface area (Å²) in [5.74, 6) is -1.47. The fourth-order valence-electron chi connectivity index (χ4n) is 3.52. The second kappa shape index (κ2) is 8.78. The van der Waals surface area contributed by atoms with Gasteiger partial charge in [-0.05, 0) is 31.0 Å². The molecule has 0 aliphatic carbocycles. The predicted octanol–water partition coefficient (Wildman–Crippen LogP) is 5.18. The number of alkyl halides is 6. The molecule has 4 heterocycles. The summed E-state index contributed by atoms with van der Waals surface area (Å²) in [6.45, 7) is 0.454. The second-order valence-electron chi connectivity index (χ2n) is 7.32. The fourth-order valence-corrected chi connectivity index (χ4v) is 3.72. The third-order valence-electron chi connectivity index (χ3n) is 4.98. The average Bonchev–Trinajstić information content (AvgIpc) is 3.17. The van der Waals surface area contributed by atoms with Crippen LogP contribution in [-0.4, -0.2) is 32.0 Å². The highest BCUT2D eigenvalue weighted by atomic mass is 35.5. The number of carbonyl (C=O) groups excluding carboxylic acids is 1. The van der Waals surface area contributed by atoms with Crippen LogP contribution in [-0.2, 0) is 12.7 Å². The number of rotatable bonds is 4. The van der Waals surface area contributed by atoms with Crippen LogP contribution in [0, 0.1) is 0 Å². The minimum absolute atomic E-state index is 0.0269. The summed E-state index contributed by atoms with van der Waals surface area (Å²) in [7, 11) is 0. The molecule has 3 aromatic heterocycles. The summed E-state index contributed by atoms with van der Waals surface area (Å²) in [4.78, 5) is 19.4. The van der Waals surface area contributed by atoms with E-state index in [4.69, 9.17) is 11.6 Å². The Bertz CT molecular complexity index is 1230. The van der Waals surface area contributed by atoms with E-state index in [1.165, 1.54) is 12.1 Å². The van der Waals surface area contributed by atoms with Crippen LogP contribution >= 0.6 is 11.6 Å². The van der Waals surface area contributed by atoms with Crippen LogP contribution in [0.15, 0.2) is 36.7 Å². The number of hydrogen-bond acceptors (Lipinski definition) is 5. The number of hydrogen-bond donors (Lipinski definition) is 1. The van der Waals surface area contributed by atoms with Gasteiger partial charge in [-0.15, -0.1) is 13.2 Å². The number of carbonyl (C=O) groups is 1. The molecule has 1 amide bonds. The monoisotopic (exact) mass is 505 g/mol. The second-order valence-corrected chi connectivity index (χ2v) is 7.73. The maximum absolute atomic E-state index is 13.1. The highest BCUT2D eigenvalue weighted by Gasteiger charge is 2.34. The molecule has 0 aromatic carbocycles. The normalized spacial score (nSPS) is 16.1. The molecule has 4 rings (SSSR count). The van der Waals surface area contributed by atoms with Crippen molar-refractivity contribution in [3.05, 3.63) is 58.6 Å². The Kier molecular flexibility index (Phi) is 6.14. The van der Waals surface area contributed by atoms with Crippen LogP contribution in [0.4, 0.5) is 26.3 Å². The number of ether oxygens (including phenoxy) is 1. The minimum Gasteiger partial charge on any atom is -0.388 e. The molecule has 1 N–H and O–H groups in total. The number of pyridine rings is 2. The molecular weight excluding hydrogens is 492 g/mol. The lowest BCUT2D eigenvalue weighted by molar-refractivity contribution is -0.276. The first-order valence-corrected chi connectivity index (χ1v) is 10.1. The molecule has 0 bridgehead atoms. The number of nitrogens with zero attached hydrogens (tertiary/aromatic N) is 4. The van der Waals surface area contributed by atoms with Crippen LogP contribution < -0.4 is 10.1 Å². The standard InChI is InChI=1S/C20H14ClF6N5O2/c21-12-9-29-16(19(22,23)24)7-11(12)14-8-15-13(2-1-5-32(15)31-14)30-18(33)10-3-4-28-17(6-10)34-20(25,26)27/h3-4,6-9,13H,1-2,5H2,(H,30,33)/t13-/m0/s1. The SMILES string of the molecule is O=C(N[C@H]1CCCn2nc(-c3cc(C(F)(F)F)ncc3Cl)cc21)c1ccnc(OC(F)(F)F)c1. The predicted molar refractivity (Wildman–Crippen MR) is 106 cm³/mol. The van der Waals surface area contributed by atoms with E-state index in [-0.39, 0.29) is 21.8 Å². The molecule has 14 heteroatoms. The lowest BCUT2D eigenvalue weighted by Gasteiger charge is -2.24. The Morgan fingerprint density at radius 1 is 1.15 bits per heavy atom. The molecule has 0 spiro atoms. The molecule has 1 aliphatic heterocycles. The summed E-state index contributed by atoms with van der Waals surface area (Å²) >= 11 is 6.06. The van der Waals surface area contributed by atoms with Crippen molar-refractivity contribution in [3.63, 3.8) is 0 Å². The van der Waals surface area contributed by atoms with Gasteiger partial charge in [0.05, 0.1) is 22.5 Å². The zero-order valence-electron chi connectivity index (χ0n) is 16.9. The van der Waals surface area contributed by atoms with Crippen LogP contribution in [0.1, 0.15) is 40.6 Å². The number of aromatic nitrogens is 4. The van der Waals surface area contributed by atoms with E-state index < -0.39 is 36.1 Å². The highest BCUT2D eigenvalue weighted by molar-refractivity contribution is 6.33. The van der Waals surface area contributed by atoms with Crippen LogP contribution in [0.3, 0.4) is 0 Å². The van der Waals surface area contributed by atoms with E-state index in [0.29, 0.717) is 25.1 Å². The van der Waals surface area contributed by atoms with Crippen molar-refractivity contribution in [2.75, 3.05) is 0 Å². The first-order chi connectivity index (χ1) is 15.9. The lowest BCUT2D eigenvalue weighted by Crippen LogP contribution is -2.32. The van der Waals surface area contributed by atoms with Gasteiger partial charge < -0.3 is 10.1 Å². The topological polar surface area (TPSA) is 81.9 Å². The largest absolute Gasteiger partial charge is 0.574 e. The van der Waals surface area contributed by atoms with Crippen molar-refractivity contribution in [1.82, 2.24) is 25.1 Å². The van der Waals surface area contributed by atoms with Gasteiger partial charge in [-0.1, -0.05) is 11.6 Å². The molecule has 0 saturated carbocycles. The maximum Gasteiger partial charge on any atom is 0.574 e. The van der Waals surface area contributed by atoms with Crippen molar-refractivity contribution in [3.8, 4) is 17.1 Å². The molecule has 0 fully saturated rings. The smallest absolute Gasteiger partial charge is 0.388 e.